The van der Waals surface area contributed by atoms with Crippen molar-refractivity contribution in [3.63, 3.8) is 0 Å². The number of hydrogen-bond donors (Lipinski definition) is 0. The summed E-state index contributed by atoms with van der Waals surface area (Å²) in [4.78, 5) is 12.7. The molecule has 0 aliphatic carbocycles. The largest absolute Gasteiger partial charge is 0.490 e. The Balaban J connectivity index is 2.04. The highest BCUT2D eigenvalue weighted by molar-refractivity contribution is 6.31. The van der Waals surface area contributed by atoms with E-state index in [-0.39, 0.29) is 11.4 Å². The second-order valence-electron chi connectivity index (χ2n) is 5.35. The summed E-state index contributed by atoms with van der Waals surface area (Å²) in [5, 5.41) is 11.4. The van der Waals surface area contributed by atoms with E-state index in [2.05, 4.69) is 17.0 Å². The molecule has 122 valence electrons. The van der Waals surface area contributed by atoms with Gasteiger partial charge in [0.2, 0.25) is 0 Å². The lowest BCUT2D eigenvalue weighted by molar-refractivity contribution is -0.385. The molecule has 0 saturated heterocycles. The first kappa shape index (κ1) is 17.2. The average Bonchev–Trinajstić information content (AvgIpc) is 2.54. The third-order valence-corrected chi connectivity index (χ3v) is 3.95. The van der Waals surface area contributed by atoms with Crippen LogP contribution in [0.15, 0.2) is 42.5 Å². The number of benzene rings is 2. The molecule has 0 unspecified atom stereocenters. The normalized spacial score (nSPS) is 10.8. The summed E-state index contributed by atoms with van der Waals surface area (Å²) in [6, 6.07) is 13.2. The van der Waals surface area contributed by atoms with E-state index in [9.17, 15) is 10.1 Å². The van der Waals surface area contributed by atoms with E-state index in [4.69, 9.17) is 16.3 Å². The molecule has 0 fully saturated rings. The predicted octanol–water partition coefficient (Wildman–Crippen LogP) is 3.93. The minimum atomic E-state index is -0.490. The monoisotopic (exact) mass is 334 g/mol. The molecule has 5 nitrogen and oxygen atoms in total. The van der Waals surface area contributed by atoms with Crippen LogP contribution in [0.5, 0.6) is 5.75 Å². The van der Waals surface area contributed by atoms with Crippen LogP contribution in [0.4, 0.5) is 5.69 Å². The van der Waals surface area contributed by atoms with Crippen LogP contribution in [0.3, 0.4) is 0 Å². The molecule has 0 saturated carbocycles. The maximum absolute atomic E-state index is 11.0. The van der Waals surface area contributed by atoms with Crippen molar-refractivity contribution in [2.75, 3.05) is 20.7 Å². The first-order valence-electron chi connectivity index (χ1n) is 7.24. The van der Waals surface area contributed by atoms with Crippen molar-refractivity contribution in [2.45, 2.75) is 13.0 Å². The van der Waals surface area contributed by atoms with Crippen LogP contribution in [0, 0.1) is 10.1 Å². The van der Waals surface area contributed by atoms with E-state index in [0.717, 1.165) is 18.7 Å². The van der Waals surface area contributed by atoms with E-state index < -0.39 is 4.92 Å². The quantitative estimate of drug-likeness (QED) is 0.568. The topological polar surface area (TPSA) is 55.6 Å². The van der Waals surface area contributed by atoms with Crippen molar-refractivity contribution in [1.29, 1.82) is 0 Å². The van der Waals surface area contributed by atoms with Crippen molar-refractivity contribution in [2.24, 2.45) is 0 Å². The molecule has 0 spiro atoms. The maximum Gasteiger partial charge on any atom is 0.312 e. The highest BCUT2D eigenvalue weighted by atomic mass is 35.5. The highest BCUT2D eigenvalue weighted by Crippen LogP contribution is 2.33. The third-order valence-electron chi connectivity index (χ3n) is 3.60. The number of nitro benzene ring substituents is 1. The summed E-state index contributed by atoms with van der Waals surface area (Å²) in [7, 11) is 3.45. The van der Waals surface area contributed by atoms with E-state index >= 15 is 0 Å². The predicted molar refractivity (Wildman–Crippen MR) is 91.1 cm³/mol. The minimum absolute atomic E-state index is 0.112. The van der Waals surface area contributed by atoms with Gasteiger partial charge in [0, 0.05) is 19.2 Å². The molecule has 23 heavy (non-hydrogen) atoms. The van der Waals surface area contributed by atoms with Gasteiger partial charge in [0.15, 0.2) is 5.75 Å². The van der Waals surface area contributed by atoms with Crippen LogP contribution < -0.4 is 4.74 Å². The zero-order chi connectivity index (χ0) is 16.8. The van der Waals surface area contributed by atoms with Crippen LogP contribution in [-0.4, -0.2) is 30.5 Å². The molecule has 0 amide bonds. The van der Waals surface area contributed by atoms with Crippen LogP contribution in [0.25, 0.3) is 0 Å². The lowest BCUT2D eigenvalue weighted by atomic mass is 10.1. The van der Waals surface area contributed by atoms with E-state index in [1.165, 1.54) is 18.7 Å². The van der Waals surface area contributed by atoms with Gasteiger partial charge >= 0.3 is 5.69 Å². The number of hydrogen-bond acceptors (Lipinski definition) is 4. The molecule has 0 bridgehead atoms. The summed E-state index contributed by atoms with van der Waals surface area (Å²) in [5.41, 5.74) is 1.97. The summed E-state index contributed by atoms with van der Waals surface area (Å²) >= 11 is 6.17. The standard InChI is InChI=1S/C17H19ClN2O3/c1-19(12-13-6-4-3-5-7-13)9-8-14-10-17(23-2)16(20(21)22)11-15(14)18/h3-7,10-11H,8-9,12H2,1-2H3. The van der Waals surface area contributed by atoms with E-state index in [0.29, 0.717) is 11.4 Å². The zero-order valence-electron chi connectivity index (χ0n) is 13.2. The molecule has 2 rings (SSSR count). The van der Waals surface area contributed by atoms with Crippen LogP contribution >= 0.6 is 11.6 Å². The SMILES string of the molecule is COc1cc(CCN(C)Cc2ccccc2)c(Cl)cc1[N+](=O)[O-]. The van der Waals surface area contributed by atoms with Crippen molar-refractivity contribution < 1.29 is 9.66 Å². The lowest BCUT2D eigenvalue weighted by Gasteiger charge is -2.17. The maximum atomic E-state index is 11.0. The van der Waals surface area contributed by atoms with Gasteiger partial charge in [0.25, 0.3) is 0 Å². The molecule has 0 heterocycles. The second kappa shape index (κ2) is 7.94. The Bertz CT molecular complexity index is 677. The van der Waals surface area contributed by atoms with Gasteiger partial charge in [0.1, 0.15) is 0 Å². The van der Waals surface area contributed by atoms with Crippen LogP contribution in [0.2, 0.25) is 5.02 Å². The fourth-order valence-corrected chi connectivity index (χ4v) is 2.62. The molecule has 0 radical (unpaired) electrons. The Morgan fingerprint density at radius 2 is 1.96 bits per heavy atom. The first-order chi connectivity index (χ1) is 11.0. The number of nitrogens with zero attached hydrogens (tertiary/aromatic N) is 2. The summed E-state index contributed by atoms with van der Waals surface area (Å²) in [6.45, 7) is 1.62. The van der Waals surface area contributed by atoms with Gasteiger partial charge in [-0.25, -0.2) is 0 Å². The molecule has 2 aromatic rings. The lowest BCUT2D eigenvalue weighted by Crippen LogP contribution is -2.20. The average molecular weight is 335 g/mol. The molecule has 6 heteroatoms. The Kier molecular flexibility index (Phi) is 5.96. The number of nitro groups is 1. The molecular weight excluding hydrogens is 316 g/mol. The van der Waals surface area contributed by atoms with Crippen LogP contribution in [-0.2, 0) is 13.0 Å². The Labute approximate surface area is 140 Å². The molecule has 0 aliphatic rings. The van der Waals surface area contributed by atoms with Crippen molar-refractivity contribution in [3.8, 4) is 5.75 Å². The fourth-order valence-electron chi connectivity index (χ4n) is 2.37. The molecule has 2 aromatic carbocycles. The summed E-state index contributed by atoms with van der Waals surface area (Å²) in [6.07, 6.45) is 0.691. The van der Waals surface area contributed by atoms with Crippen molar-refractivity contribution in [3.05, 3.63) is 68.7 Å². The highest BCUT2D eigenvalue weighted by Gasteiger charge is 2.18. The Hall–Kier alpha value is -2.11. The van der Waals surface area contributed by atoms with Gasteiger partial charge < -0.3 is 9.64 Å². The first-order valence-corrected chi connectivity index (χ1v) is 7.62. The van der Waals surface area contributed by atoms with Crippen molar-refractivity contribution in [1.82, 2.24) is 4.90 Å². The fraction of sp³-hybridized carbons (Fsp3) is 0.294. The molecular formula is C17H19ClN2O3. The smallest absolute Gasteiger partial charge is 0.312 e. The number of methoxy groups -OCH3 is 1. The molecule has 0 aromatic heterocycles. The number of likely N-dealkylation sites (N-methyl/N-ethyl adjacent to an activating group) is 1. The third kappa shape index (κ3) is 4.68. The van der Waals surface area contributed by atoms with Gasteiger partial charge in [-0.05, 0) is 30.7 Å². The van der Waals surface area contributed by atoms with Gasteiger partial charge in [-0.2, -0.15) is 0 Å². The Morgan fingerprint density at radius 1 is 1.26 bits per heavy atom. The van der Waals surface area contributed by atoms with Crippen LogP contribution in [0.1, 0.15) is 11.1 Å². The summed E-state index contributed by atoms with van der Waals surface area (Å²) < 4.78 is 5.09. The number of halogens is 1. The minimum Gasteiger partial charge on any atom is -0.490 e. The molecule has 0 atom stereocenters. The number of ether oxygens (including phenoxy) is 1. The van der Waals surface area contributed by atoms with E-state index in [1.54, 1.807) is 6.07 Å². The van der Waals surface area contributed by atoms with Crippen molar-refractivity contribution >= 4 is 17.3 Å². The van der Waals surface area contributed by atoms with Gasteiger partial charge in [-0.15, -0.1) is 0 Å². The molecule has 0 aliphatic heterocycles. The summed E-state index contributed by atoms with van der Waals surface area (Å²) in [5.74, 6) is 0.236. The van der Waals surface area contributed by atoms with Gasteiger partial charge in [0.05, 0.1) is 17.1 Å². The van der Waals surface area contributed by atoms with Gasteiger partial charge in [-0.3, -0.25) is 10.1 Å². The number of rotatable bonds is 7. The van der Waals surface area contributed by atoms with Gasteiger partial charge in [-0.1, -0.05) is 41.9 Å². The van der Waals surface area contributed by atoms with E-state index in [1.807, 2.05) is 25.2 Å². The second-order valence-corrected chi connectivity index (χ2v) is 5.75. The zero-order valence-corrected chi connectivity index (χ0v) is 13.9. The Morgan fingerprint density at radius 3 is 2.57 bits per heavy atom. The molecule has 0 N–H and O–H groups in total.